The van der Waals surface area contributed by atoms with Gasteiger partial charge in [-0.05, 0) is 48.7 Å². The fourth-order valence-corrected chi connectivity index (χ4v) is 3.14. The molecule has 1 aromatic heterocycles. The normalized spacial score (nSPS) is 10.8. The molecular weight excluding hydrogens is 344 g/mol. The van der Waals surface area contributed by atoms with Crippen molar-refractivity contribution < 1.29 is 9.53 Å². The minimum atomic E-state index is -0.152. The SMILES string of the molecule is Cc1nc(COc2cccc(C(=O)Nc3cccc(C(C)C)c3)c2)cs1. The summed E-state index contributed by atoms with van der Waals surface area (Å²) in [7, 11) is 0. The maximum atomic E-state index is 12.5. The number of nitrogens with one attached hydrogen (secondary N) is 1. The lowest BCUT2D eigenvalue weighted by molar-refractivity contribution is 0.102. The molecule has 134 valence electrons. The van der Waals surface area contributed by atoms with E-state index in [0.29, 0.717) is 23.8 Å². The van der Waals surface area contributed by atoms with Crippen LogP contribution in [0.4, 0.5) is 5.69 Å². The number of aromatic nitrogens is 1. The fourth-order valence-electron chi connectivity index (χ4n) is 2.54. The fraction of sp³-hybridized carbons (Fsp3) is 0.238. The molecule has 0 spiro atoms. The van der Waals surface area contributed by atoms with Gasteiger partial charge < -0.3 is 10.1 Å². The Labute approximate surface area is 157 Å². The van der Waals surface area contributed by atoms with Crippen LogP contribution in [0, 0.1) is 6.92 Å². The van der Waals surface area contributed by atoms with Gasteiger partial charge in [0.15, 0.2) is 0 Å². The summed E-state index contributed by atoms with van der Waals surface area (Å²) in [6.07, 6.45) is 0. The number of rotatable bonds is 6. The molecule has 3 rings (SSSR count). The Balaban J connectivity index is 1.67. The number of hydrogen-bond acceptors (Lipinski definition) is 4. The minimum absolute atomic E-state index is 0.152. The van der Waals surface area contributed by atoms with E-state index in [1.165, 1.54) is 5.56 Å². The van der Waals surface area contributed by atoms with Crippen LogP contribution in [0.15, 0.2) is 53.9 Å². The first-order valence-corrected chi connectivity index (χ1v) is 9.44. The van der Waals surface area contributed by atoms with Crippen LogP contribution in [0.2, 0.25) is 0 Å². The van der Waals surface area contributed by atoms with Gasteiger partial charge in [0, 0.05) is 16.6 Å². The van der Waals surface area contributed by atoms with Crippen molar-refractivity contribution in [3.8, 4) is 5.75 Å². The largest absolute Gasteiger partial charge is 0.487 e. The number of hydrogen-bond donors (Lipinski definition) is 1. The van der Waals surface area contributed by atoms with Gasteiger partial charge in [0.2, 0.25) is 0 Å². The van der Waals surface area contributed by atoms with E-state index in [0.717, 1.165) is 16.4 Å². The van der Waals surface area contributed by atoms with Crippen molar-refractivity contribution in [1.82, 2.24) is 4.98 Å². The number of thiazole rings is 1. The summed E-state index contributed by atoms with van der Waals surface area (Å²) in [5.74, 6) is 0.915. The highest BCUT2D eigenvalue weighted by Gasteiger charge is 2.09. The maximum absolute atomic E-state index is 12.5. The van der Waals surface area contributed by atoms with Crippen LogP contribution in [0.5, 0.6) is 5.75 Å². The summed E-state index contributed by atoms with van der Waals surface area (Å²) < 4.78 is 5.76. The van der Waals surface area contributed by atoms with E-state index in [9.17, 15) is 4.79 Å². The van der Waals surface area contributed by atoms with Gasteiger partial charge in [-0.15, -0.1) is 11.3 Å². The van der Waals surface area contributed by atoms with E-state index >= 15 is 0 Å². The van der Waals surface area contributed by atoms with Gasteiger partial charge in [0.05, 0.1) is 10.7 Å². The number of aryl methyl sites for hydroxylation is 1. The first-order chi connectivity index (χ1) is 12.5. The summed E-state index contributed by atoms with van der Waals surface area (Å²) in [4.78, 5) is 16.9. The molecule has 0 unspecified atom stereocenters. The zero-order chi connectivity index (χ0) is 18.5. The number of carbonyl (C=O) groups excluding carboxylic acids is 1. The molecule has 0 bridgehead atoms. The Morgan fingerprint density at radius 1 is 1.19 bits per heavy atom. The molecule has 0 aliphatic rings. The average Bonchev–Trinajstić information content (AvgIpc) is 3.06. The van der Waals surface area contributed by atoms with Crippen LogP contribution in [0.25, 0.3) is 0 Å². The number of nitrogens with zero attached hydrogens (tertiary/aromatic N) is 1. The van der Waals surface area contributed by atoms with Gasteiger partial charge in [-0.1, -0.05) is 32.0 Å². The van der Waals surface area contributed by atoms with E-state index in [-0.39, 0.29) is 5.91 Å². The third-order valence-electron chi connectivity index (χ3n) is 3.96. The predicted molar refractivity (Wildman–Crippen MR) is 106 cm³/mol. The van der Waals surface area contributed by atoms with Crippen LogP contribution in [0.3, 0.4) is 0 Å². The van der Waals surface area contributed by atoms with E-state index in [1.54, 1.807) is 23.5 Å². The van der Waals surface area contributed by atoms with Crippen molar-refractivity contribution in [1.29, 1.82) is 0 Å². The van der Waals surface area contributed by atoms with Crippen LogP contribution in [-0.4, -0.2) is 10.9 Å². The third kappa shape index (κ3) is 4.70. The Morgan fingerprint density at radius 3 is 2.73 bits per heavy atom. The maximum Gasteiger partial charge on any atom is 0.255 e. The first-order valence-electron chi connectivity index (χ1n) is 8.56. The van der Waals surface area contributed by atoms with Gasteiger partial charge in [-0.25, -0.2) is 4.98 Å². The molecule has 1 heterocycles. The summed E-state index contributed by atoms with van der Waals surface area (Å²) >= 11 is 1.60. The Morgan fingerprint density at radius 2 is 2.00 bits per heavy atom. The molecule has 0 aliphatic carbocycles. The molecule has 0 saturated heterocycles. The van der Waals surface area contributed by atoms with Crippen molar-refractivity contribution in [3.05, 3.63) is 75.7 Å². The summed E-state index contributed by atoms with van der Waals surface area (Å²) in [5, 5.41) is 5.95. The Bertz CT molecular complexity index is 902. The van der Waals surface area contributed by atoms with E-state index in [2.05, 4.69) is 30.2 Å². The first kappa shape index (κ1) is 18.1. The highest BCUT2D eigenvalue weighted by molar-refractivity contribution is 7.09. The topological polar surface area (TPSA) is 51.2 Å². The standard InChI is InChI=1S/C21H22N2O2S/c1-14(2)16-6-4-8-18(10-16)23-21(24)17-7-5-9-20(11-17)25-12-19-13-26-15(3)22-19/h4-11,13-14H,12H2,1-3H3,(H,23,24). The van der Waals surface area contributed by atoms with Gasteiger partial charge in [-0.2, -0.15) is 0 Å². The van der Waals surface area contributed by atoms with Gasteiger partial charge in [-0.3, -0.25) is 4.79 Å². The van der Waals surface area contributed by atoms with Crippen LogP contribution in [0.1, 0.15) is 46.4 Å². The molecule has 0 fully saturated rings. The summed E-state index contributed by atoms with van der Waals surface area (Å²) in [6.45, 7) is 6.62. The smallest absolute Gasteiger partial charge is 0.255 e. The summed E-state index contributed by atoms with van der Waals surface area (Å²) in [5.41, 5.74) is 3.45. The second kappa shape index (κ2) is 8.15. The second-order valence-corrected chi connectivity index (χ2v) is 7.47. The Kier molecular flexibility index (Phi) is 5.68. The third-order valence-corrected chi connectivity index (χ3v) is 4.78. The minimum Gasteiger partial charge on any atom is -0.487 e. The molecule has 3 aromatic rings. The van der Waals surface area contributed by atoms with Gasteiger partial charge >= 0.3 is 0 Å². The number of carbonyl (C=O) groups is 1. The zero-order valence-corrected chi connectivity index (χ0v) is 16.0. The van der Waals surface area contributed by atoms with Crippen LogP contribution in [-0.2, 0) is 6.61 Å². The number of anilines is 1. The monoisotopic (exact) mass is 366 g/mol. The van der Waals surface area contributed by atoms with E-state index in [4.69, 9.17) is 4.74 Å². The average molecular weight is 366 g/mol. The number of amides is 1. The molecule has 0 radical (unpaired) electrons. The van der Waals surface area contributed by atoms with Crippen molar-refractivity contribution in [2.75, 3.05) is 5.32 Å². The second-order valence-electron chi connectivity index (χ2n) is 6.41. The molecule has 1 amide bonds. The lowest BCUT2D eigenvalue weighted by atomic mass is 10.0. The Hall–Kier alpha value is -2.66. The quantitative estimate of drug-likeness (QED) is 0.635. The van der Waals surface area contributed by atoms with Crippen molar-refractivity contribution in [2.24, 2.45) is 0 Å². The molecule has 26 heavy (non-hydrogen) atoms. The van der Waals surface area contributed by atoms with Crippen molar-refractivity contribution in [2.45, 2.75) is 33.3 Å². The summed E-state index contributed by atoms with van der Waals surface area (Å²) in [6, 6.07) is 15.1. The van der Waals surface area contributed by atoms with Crippen molar-refractivity contribution >= 4 is 22.9 Å². The number of ether oxygens (including phenoxy) is 1. The molecule has 5 heteroatoms. The molecule has 0 atom stereocenters. The van der Waals surface area contributed by atoms with E-state index in [1.807, 2.05) is 42.6 Å². The van der Waals surface area contributed by atoms with Crippen molar-refractivity contribution in [3.63, 3.8) is 0 Å². The molecular formula is C21H22N2O2S. The lowest BCUT2D eigenvalue weighted by Gasteiger charge is -2.10. The van der Waals surface area contributed by atoms with Gasteiger partial charge in [0.1, 0.15) is 12.4 Å². The van der Waals surface area contributed by atoms with Crippen LogP contribution >= 0.6 is 11.3 Å². The van der Waals surface area contributed by atoms with E-state index < -0.39 is 0 Å². The molecule has 2 aromatic carbocycles. The molecule has 0 aliphatic heterocycles. The van der Waals surface area contributed by atoms with Crippen LogP contribution < -0.4 is 10.1 Å². The number of benzene rings is 2. The molecule has 4 nitrogen and oxygen atoms in total. The molecule has 0 saturated carbocycles. The van der Waals surface area contributed by atoms with Gasteiger partial charge in [0.25, 0.3) is 5.91 Å². The lowest BCUT2D eigenvalue weighted by Crippen LogP contribution is -2.12. The predicted octanol–water partition coefficient (Wildman–Crippen LogP) is 5.41. The highest BCUT2D eigenvalue weighted by atomic mass is 32.1. The zero-order valence-electron chi connectivity index (χ0n) is 15.2. The highest BCUT2D eigenvalue weighted by Crippen LogP contribution is 2.20. The molecule has 1 N–H and O–H groups in total.